The highest BCUT2D eigenvalue weighted by Gasteiger charge is 2.33. The van der Waals surface area contributed by atoms with E-state index in [2.05, 4.69) is 28.0 Å². The van der Waals surface area contributed by atoms with Crippen molar-refractivity contribution in [3.63, 3.8) is 0 Å². The predicted molar refractivity (Wildman–Crippen MR) is 148 cm³/mol. The summed E-state index contributed by atoms with van der Waals surface area (Å²) in [4.78, 5) is 32.9. The second-order valence-corrected chi connectivity index (χ2v) is 10.2. The van der Waals surface area contributed by atoms with Gasteiger partial charge in [-0.2, -0.15) is 5.26 Å². The fourth-order valence-corrected chi connectivity index (χ4v) is 5.89. The first-order chi connectivity index (χ1) is 17.4. The number of anilines is 2. The number of carbonyl (C=O) groups excluding carboxylic acids is 1. The molecule has 8 nitrogen and oxygen atoms in total. The molecule has 36 heavy (non-hydrogen) atoms. The van der Waals surface area contributed by atoms with Gasteiger partial charge in [0.1, 0.15) is 21.8 Å². The lowest BCUT2D eigenvalue weighted by atomic mass is 10.0. The van der Waals surface area contributed by atoms with Crippen molar-refractivity contribution in [3.8, 4) is 6.07 Å². The number of methoxy groups -OCH3 is 1. The number of rotatable bonds is 7. The van der Waals surface area contributed by atoms with Crippen LogP contribution in [-0.2, 0) is 16.1 Å². The van der Waals surface area contributed by atoms with E-state index in [9.17, 15) is 14.9 Å². The summed E-state index contributed by atoms with van der Waals surface area (Å²) in [6, 6.07) is 12.3. The predicted octanol–water partition coefficient (Wildman–Crippen LogP) is 3.22. The summed E-state index contributed by atoms with van der Waals surface area (Å²) in [6.45, 7) is 7.84. The Morgan fingerprint density at radius 1 is 1.14 bits per heavy atom. The number of nitrogens with zero attached hydrogens (tertiary/aromatic N) is 5. The molecule has 0 spiro atoms. The number of aromatic nitrogens is 1. The summed E-state index contributed by atoms with van der Waals surface area (Å²) in [5.41, 5.74) is 2.26. The Hall–Kier alpha value is -3.13. The molecule has 0 bridgehead atoms. The number of piperazine rings is 1. The highest BCUT2D eigenvalue weighted by molar-refractivity contribution is 8.26. The molecule has 2 aliphatic rings. The first-order valence-corrected chi connectivity index (χ1v) is 13.1. The van der Waals surface area contributed by atoms with Gasteiger partial charge in [-0.15, -0.1) is 0 Å². The van der Waals surface area contributed by atoms with Gasteiger partial charge in [0.25, 0.3) is 11.5 Å². The third kappa shape index (κ3) is 4.91. The van der Waals surface area contributed by atoms with E-state index >= 15 is 0 Å². The van der Waals surface area contributed by atoms with Crippen LogP contribution < -0.4 is 15.4 Å². The van der Waals surface area contributed by atoms with Crippen molar-refractivity contribution in [2.24, 2.45) is 0 Å². The maximum Gasteiger partial charge on any atom is 0.270 e. The average molecular weight is 524 g/mol. The summed E-state index contributed by atoms with van der Waals surface area (Å²) in [5, 5.41) is 9.78. The number of thioether (sulfide) groups is 1. The van der Waals surface area contributed by atoms with Gasteiger partial charge in [0.15, 0.2) is 0 Å². The Kier molecular flexibility index (Phi) is 8.14. The van der Waals surface area contributed by atoms with Crippen LogP contribution in [0.1, 0.15) is 23.6 Å². The fourth-order valence-electron chi connectivity index (χ4n) is 4.60. The van der Waals surface area contributed by atoms with Crippen molar-refractivity contribution in [1.82, 2.24) is 9.47 Å². The molecule has 4 rings (SSSR count). The summed E-state index contributed by atoms with van der Waals surface area (Å²) in [5.74, 6) is 0.558. The number of nitriles is 1. The molecule has 2 aliphatic heterocycles. The van der Waals surface area contributed by atoms with Crippen LogP contribution in [0.5, 0.6) is 0 Å². The highest BCUT2D eigenvalue weighted by Crippen LogP contribution is 2.36. The molecule has 10 heteroatoms. The van der Waals surface area contributed by atoms with Crippen molar-refractivity contribution >= 4 is 51.8 Å². The van der Waals surface area contributed by atoms with Crippen LogP contribution in [0.25, 0.3) is 6.08 Å². The van der Waals surface area contributed by atoms with Gasteiger partial charge < -0.3 is 14.5 Å². The molecule has 1 aromatic heterocycles. The Bertz CT molecular complexity index is 1290. The molecule has 0 unspecified atom stereocenters. The average Bonchev–Trinajstić information content (AvgIpc) is 3.16. The Labute approximate surface area is 220 Å². The van der Waals surface area contributed by atoms with Crippen molar-refractivity contribution in [3.05, 3.63) is 62.3 Å². The molecule has 0 saturated carbocycles. The minimum absolute atomic E-state index is 0.102. The maximum atomic E-state index is 13.2. The molecule has 0 atom stereocenters. The Morgan fingerprint density at radius 3 is 2.42 bits per heavy atom. The van der Waals surface area contributed by atoms with Crippen molar-refractivity contribution in [1.29, 1.82) is 5.26 Å². The monoisotopic (exact) mass is 523 g/mol. The van der Waals surface area contributed by atoms with Crippen LogP contribution in [0.4, 0.5) is 11.5 Å². The number of amides is 1. The molecule has 1 aromatic carbocycles. The fraction of sp³-hybridized carbons (Fsp3) is 0.385. The molecule has 1 amide bonds. The van der Waals surface area contributed by atoms with Crippen LogP contribution in [0.15, 0.2) is 40.0 Å². The lowest BCUT2D eigenvalue weighted by Gasteiger charge is -2.39. The number of para-hydroxylation sites is 1. The van der Waals surface area contributed by atoms with Gasteiger partial charge in [0, 0.05) is 51.1 Å². The highest BCUT2D eigenvalue weighted by atomic mass is 32.2. The van der Waals surface area contributed by atoms with Crippen LogP contribution >= 0.6 is 24.0 Å². The largest absolute Gasteiger partial charge is 0.383 e. The Morgan fingerprint density at radius 2 is 1.81 bits per heavy atom. The zero-order valence-corrected chi connectivity index (χ0v) is 22.3. The van der Waals surface area contributed by atoms with Crippen LogP contribution in [0, 0.1) is 18.3 Å². The smallest absolute Gasteiger partial charge is 0.270 e. The standard InChI is InChI=1S/C26H29N5O3S2/c1-4-30-23(29-12-10-28(11-13-29)19-8-6-5-7-9-19)20(18(2)21(17-27)24(30)32)16-22-25(33)31(14-15-34-3)26(35)36-22/h5-9,16H,4,10-15H2,1-3H3. The van der Waals surface area contributed by atoms with E-state index in [0.717, 1.165) is 18.9 Å². The molecule has 2 fully saturated rings. The number of benzene rings is 1. The third-order valence-electron chi connectivity index (χ3n) is 6.53. The number of thiocarbonyl (C=S) groups is 1. The van der Waals surface area contributed by atoms with E-state index in [0.29, 0.717) is 53.1 Å². The number of pyridine rings is 1. The zero-order chi connectivity index (χ0) is 25.8. The molecule has 0 N–H and O–H groups in total. The lowest BCUT2D eigenvalue weighted by molar-refractivity contribution is -0.122. The Balaban J connectivity index is 1.75. The van der Waals surface area contributed by atoms with Gasteiger partial charge in [-0.1, -0.05) is 42.2 Å². The second-order valence-electron chi connectivity index (χ2n) is 8.53. The van der Waals surface area contributed by atoms with Gasteiger partial charge >= 0.3 is 0 Å². The van der Waals surface area contributed by atoms with E-state index in [1.54, 1.807) is 24.7 Å². The summed E-state index contributed by atoms with van der Waals surface area (Å²) in [7, 11) is 1.58. The zero-order valence-electron chi connectivity index (χ0n) is 20.7. The van der Waals surface area contributed by atoms with E-state index in [4.69, 9.17) is 17.0 Å². The summed E-state index contributed by atoms with van der Waals surface area (Å²) >= 11 is 6.68. The molecule has 2 saturated heterocycles. The van der Waals surface area contributed by atoms with Crippen LogP contribution in [0.2, 0.25) is 0 Å². The van der Waals surface area contributed by atoms with Crippen LogP contribution in [-0.4, -0.2) is 66.1 Å². The first kappa shape index (κ1) is 25.9. The molecule has 0 aliphatic carbocycles. The molecule has 2 aromatic rings. The van der Waals surface area contributed by atoms with E-state index < -0.39 is 0 Å². The van der Waals surface area contributed by atoms with Gasteiger partial charge in [0.05, 0.1) is 18.1 Å². The number of hydrogen-bond donors (Lipinski definition) is 0. The van der Waals surface area contributed by atoms with Crippen molar-refractivity contribution in [2.75, 3.05) is 56.2 Å². The maximum absolute atomic E-state index is 13.2. The third-order valence-corrected chi connectivity index (χ3v) is 7.91. The minimum atomic E-state index is -0.303. The molecule has 188 valence electrons. The van der Waals surface area contributed by atoms with E-state index in [1.165, 1.54) is 22.3 Å². The van der Waals surface area contributed by atoms with Gasteiger partial charge in [-0.05, 0) is 37.6 Å². The minimum Gasteiger partial charge on any atom is -0.383 e. The number of carbonyl (C=O) groups is 1. The number of hydrogen-bond acceptors (Lipinski definition) is 8. The van der Waals surface area contributed by atoms with Crippen LogP contribution in [0.3, 0.4) is 0 Å². The molecular weight excluding hydrogens is 494 g/mol. The van der Waals surface area contributed by atoms with Gasteiger partial charge in [-0.3, -0.25) is 19.1 Å². The van der Waals surface area contributed by atoms with E-state index in [-0.39, 0.29) is 17.0 Å². The van der Waals surface area contributed by atoms with Crippen molar-refractivity contribution in [2.45, 2.75) is 20.4 Å². The topological polar surface area (TPSA) is 81.8 Å². The van der Waals surface area contributed by atoms with Crippen molar-refractivity contribution < 1.29 is 9.53 Å². The quantitative estimate of drug-likeness (QED) is 0.404. The molecular formula is C26H29N5O3S2. The number of ether oxygens (including phenoxy) is 1. The first-order valence-electron chi connectivity index (χ1n) is 11.9. The normalized spacial score (nSPS) is 17.3. The van der Waals surface area contributed by atoms with Gasteiger partial charge in [-0.25, -0.2) is 0 Å². The summed E-state index contributed by atoms with van der Waals surface area (Å²) < 4.78 is 7.25. The molecule has 3 heterocycles. The lowest BCUT2D eigenvalue weighted by Crippen LogP contribution is -2.48. The molecule has 0 radical (unpaired) electrons. The SMILES string of the molecule is CCn1c(N2CCN(c3ccccc3)CC2)c(C=C2SC(=S)N(CCOC)C2=O)c(C)c(C#N)c1=O. The van der Waals surface area contributed by atoms with E-state index in [1.807, 2.05) is 25.1 Å². The summed E-state index contributed by atoms with van der Waals surface area (Å²) in [6.07, 6.45) is 1.80. The second kappa shape index (κ2) is 11.3. The van der Waals surface area contributed by atoms with Gasteiger partial charge in [0.2, 0.25) is 0 Å².